The molecule has 0 radical (unpaired) electrons. The van der Waals surface area contributed by atoms with E-state index in [2.05, 4.69) is 391 Å². The van der Waals surface area contributed by atoms with Gasteiger partial charge in [0.1, 0.15) is 0 Å². The second-order valence-electron chi connectivity index (χ2n) is 30.7. The van der Waals surface area contributed by atoms with Crippen LogP contribution in [0.25, 0.3) is 237 Å². The van der Waals surface area contributed by atoms with Crippen LogP contribution < -0.4 is 0 Å². The highest BCUT2D eigenvalue weighted by molar-refractivity contribution is 7.61. The predicted octanol–water partition coefficient (Wildman–Crippen LogP) is 33.9. The average molecular weight is 1490 g/mol. The van der Waals surface area contributed by atoms with Crippen LogP contribution in [0.4, 0.5) is 0 Å². The Kier molecular flexibility index (Phi) is 15.0. The highest BCUT2D eigenvalue weighted by atomic mass is 31.1. The first kappa shape index (κ1) is 65.6. The second kappa shape index (κ2) is 25.6. The van der Waals surface area contributed by atoms with Crippen LogP contribution in [0.1, 0.15) is 0 Å². The molecule has 0 bridgehead atoms. The highest BCUT2D eigenvalue weighted by Gasteiger charge is 2.25. The smallest absolute Gasteiger partial charge is 0.00996 e. The van der Waals surface area contributed by atoms with E-state index >= 15 is 0 Å². The fourth-order valence-electron chi connectivity index (χ4n) is 19.9. The number of hydrogen-bond donors (Lipinski definition) is 0. The lowest BCUT2D eigenvalue weighted by molar-refractivity contribution is 1.68. The van der Waals surface area contributed by atoms with E-state index in [9.17, 15) is 0 Å². The SMILES string of the molecule is Cp1c2ccccc2c2c(-c3cccc4c(-c5ccc6cc7ccccc7cc6c5)c5cccc(-c6cccc7c6c6ccccc6p7C)c5cc34)cccc21.Cp1c2ccccc2c2cccc(-c3cccc4c(-c5ccc6cc7ccccc7cc6c5)c5cccc(-c6cccc7c8ccccc8p(C)c67)c5cc34)c21. The van der Waals surface area contributed by atoms with Gasteiger partial charge >= 0.3 is 0 Å². The minimum absolute atomic E-state index is 0.409. The van der Waals surface area contributed by atoms with Crippen LogP contribution in [0.3, 0.4) is 0 Å². The van der Waals surface area contributed by atoms with Crippen molar-refractivity contribution in [3.63, 3.8) is 0 Å². The number of hydrogen-bond acceptors (Lipinski definition) is 0. The summed E-state index contributed by atoms with van der Waals surface area (Å²) < 4.78 is 0. The Morgan fingerprint density at radius 1 is 0.152 bits per heavy atom. The van der Waals surface area contributed by atoms with Crippen molar-refractivity contribution in [3.8, 4) is 66.8 Å². The quantitative estimate of drug-likeness (QED) is 0.146. The van der Waals surface area contributed by atoms with E-state index in [4.69, 9.17) is 0 Å². The monoisotopic (exact) mass is 1490 g/mol. The van der Waals surface area contributed by atoms with Gasteiger partial charge < -0.3 is 0 Å². The zero-order chi connectivity index (χ0) is 74.1. The summed E-state index contributed by atoms with van der Waals surface area (Å²) in [6.45, 7) is 9.74. The first-order chi connectivity index (χ1) is 55.2. The molecule has 0 aliphatic rings. The number of aryl methyl sites for hydroxylation is 4. The first-order valence-electron chi connectivity index (χ1n) is 38.9. The van der Waals surface area contributed by atoms with Crippen LogP contribution in [-0.4, -0.2) is 0 Å². The van der Waals surface area contributed by atoms with Gasteiger partial charge in [-0.25, -0.2) is 0 Å². The van der Waals surface area contributed by atoms with Crippen molar-refractivity contribution in [3.05, 3.63) is 364 Å². The molecule has 0 aliphatic carbocycles. The van der Waals surface area contributed by atoms with Crippen molar-refractivity contribution in [1.82, 2.24) is 0 Å². The van der Waals surface area contributed by atoms with E-state index in [1.54, 1.807) is 0 Å². The van der Waals surface area contributed by atoms with Gasteiger partial charge in [0.25, 0.3) is 0 Å². The lowest BCUT2D eigenvalue weighted by atomic mass is 9.85. The predicted molar refractivity (Wildman–Crippen MR) is 500 cm³/mol. The summed E-state index contributed by atoms with van der Waals surface area (Å²) in [5.41, 5.74) is 15.7. The highest BCUT2D eigenvalue weighted by Crippen LogP contribution is 2.58. The van der Waals surface area contributed by atoms with Gasteiger partial charge in [0, 0.05) is 51.7 Å². The minimum atomic E-state index is -0.489. The summed E-state index contributed by atoms with van der Waals surface area (Å²) in [4.78, 5) is 0. The lowest BCUT2D eigenvalue weighted by Gasteiger charge is -2.19. The summed E-state index contributed by atoms with van der Waals surface area (Å²) in [5, 5.41) is 43.6. The molecule has 0 saturated carbocycles. The van der Waals surface area contributed by atoms with Crippen LogP contribution in [-0.2, 0) is 26.7 Å². The van der Waals surface area contributed by atoms with Gasteiger partial charge in [-0.1, -0.05) is 315 Å². The summed E-state index contributed by atoms with van der Waals surface area (Å²) in [6, 6.07) is 138. The molecule has 24 aromatic rings. The molecule has 0 saturated heterocycles. The largest absolute Gasteiger partial charge is 0.112 e. The molecule has 4 heteroatoms. The molecule has 0 aliphatic heterocycles. The summed E-state index contributed by atoms with van der Waals surface area (Å²) in [6.07, 6.45) is 0. The van der Waals surface area contributed by atoms with Gasteiger partial charge in [0.15, 0.2) is 0 Å². The topological polar surface area (TPSA) is 0 Å². The van der Waals surface area contributed by atoms with Gasteiger partial charge in [-0.15, -0.1) is 30.1 Å². The van der Waals surface area contributed by atoms with Crippen molar-refractivity contribution < 1.29 is 0 Å². The number of fused-ring (bicyclic) bond motifs is 20. The molecule has 0 N–H and O–H groups in total. The first-order valence-corrected chi connectivity index (χ1v) is 46.1. The molecular weight excluding hydrogens is 1420 g/mol. The molecule has 0 nitrogen and oxygen atoms in total. The van der Waals surface area contributed by atoms with E-state index in [1.165, 1.54) is 237 Å². The van der Waals surface area contributed by atoms with Gasteiger partial charge in [-0.3, -0.25) is 0 Å². The zero-order valence-electron chi connectivity index (χ0n) is 62.4. The summed E-state index contributed by atoms with van der Waals surface area (Å²) in [7, 11) is -1.79. The number of benzene rings is 20. The molecule has 112 heavy (non-hydrogen) atoms. The molecule has 4 unspecified atom stereocenters. The number of rotatable bonds is 6. The van der Waals surface area contributed by atoms with Gasteiger partial charge in [-0.2, -0.15) is 0 Å². The summed E-state index contributed by atoms with van der Waals surface area (Å²) >= 11 is 0. The molecule has 4 heterocycles. The molecule has 20 aromatic carbocycles. The molecular formula is C108H72P4. The van der Waals surface area contributed by atoms with Crippen LogP contribution in [0.2, 0.25) is 0 Å². The lowest BCUT2D eigenvalue weighted by Crippen LogP contribution is -1.91. The average Bonchev–Trinajstić information content (AvgIpc) is 1.13. The maximum absolute atomic E-state index is 2.53. The third-order valence-corrected chi connectivity index (χ3v) is 33.9. The molecule has 0 spiro atoms. The normalized spacial score (nSPS) is 12.8. The standard InChI is InChI=1S/2C54H36P2/c1-55-50-25-7-5-15-40(50)46-23-11-21-44(53(46)55)38-17-9-19-42-48(38)32-49-39(45-22-12-24-47-41-16-6-8-26-51(41)56(2)54(45)47)18-10-20-43(49)52(42)36-28-27-35-29-33-13-3-4-14-34(33)30-37(35)31-36;1-55-48-23-7-5-15-44(48)53-40(21-11-25-50(53)55)38-17-9-19-42-46(38)32-47-39(41-22-12-26-51-54(41)45-16-6-8-24-49(45)56(51)2)18-10-20-43(47)52(42)36-28-27-35-29-33-13-3-4-14-34(33)30-37(35)31-36/h2*3-32H,1-2H3. The van der Waals surface area contributed by atoms with Crippen LogP contribution in [0, 0.1) is 0 Å². The molecule has 4 aromatic heterocycles. The molecule has 524 valence electrons. The van der Waals surface area contributed by atoms with Crippen LogP contribution >= 0.6 is 30.1 Å². The zero-order valence-corrected chi connectivity index (χ0v) is 66.0. The van der Waals surface area contributed by atoms with E-state index < -0.39 is 30.1 Å². The fourth-order valence-corrected chi connectivity index (χ4v) is 28.3. The maximum Gasteiger partial charge on any atom is 0.00996 e. The van der Waals surface area contributed by atoms with Gasteiger partial charge in [0.2, 0.25) is 0 Å². The van der Waals surface area contributed by atoms with Crippen molar-refractivity contribution in [2.24, 2.45) is 26.7 Å². The van der Waals surface area contributed by atoms with Crippen LogP contribution in [0.5, 0.6) is 0 Å². The van der Waals surface area contributed by atoms with Gasteiger partial charge in [0.05, 0.1) is 0 Å². The molecule has 0 fully saturated rings. The Hall–Kier alpha value is -12.3. The molecule has 4 atom stereocenters. The third-order valence-electron chi connectivity index (χ3n) is 25.0. The second-order valence-corrected chi connectivity index (χ2v) is 39.0. The van der Waals surface area contributed by atoms with E-state index in [-0.39, 0.29) is 0 Å². The van der Waals surface area contributed by atoms with Crippen molar-refractivity contribution >= 4 is 200 Å². The van der Waals surface area contributed by atoms with Crippen molar-refractivity contribution in [2.75, 3.05) is 0 Å². The Morgan fingerprint density at radius 3 is 0.786 bits per heavy atom. The minimum Gasteiger partial charge on any atom is -0.112 e. The molecule has 24 rings (SSSR count). The Morgan fingerprint density at radius 2 is 0.411 bits per heavy atom. The Bertz CT molecular complexity index is 7840. The van der Waals surface area contributed by atoms with E-state index in [0.717, 1.165) is 0 Å². The summed E-state index contributed by atoms with van der Waals surface area (Å²) in [5.74, 6) is 0. The Balaban J connectivity index is 0.000000134. The maximum atomic E-state index is 2.53. The van der Waals surface area contributed by atoms with Crippen molar-refractivity contribution in [1.29, 1.82) is 0 Å². The third kappa shape index (κ3) is 9.90. The van der Waals surface area contributed by atoms with Gasteiger partial charge in [-0.05, 0) is 260 Å². The Labute approximate surface area is 652 Å². The van der Waals surface area contributed by atoms with Crippen LogP contribution in [0.15, 0.2) is 364 Å². The van der Waals surface area contributed by atoms with E-state index in [0.29, 0.717) is 0 Å². The fraction of sp³-hybridized carbons (Fsp3) is 0.0370. The molecule has 0 amide bonds. The van der Waals surface area contributed by atoms with E-state index in [1.807, 2.05) is 0 Å². The van der Waals surface area contributed by atoms with Crippen molar-refractivity contribution in [2.45, 2.75) is 0 Å².